The number of rotatable bonds is 4. The molecule has 4 rings (SSSR count). The molecule has 2 nitrogen and oxygen atoms in total. The number of hydrogen-bond acceptors (Lipinski definition) is 4. The lowest BCUT2D eigenvalue weighted by molar-refractivity contribution is 1.20. The molecule has 0 saturated heterocycles. The van der Waals surface area contributed by atoms with Gasteiger partial charge in [0.1, 0.15) is 0 Å². The van der Waals surface area contributed by atoms with Gasteiger partial charge in [-0.2, -0.15) is 0 Å². The van der Waals surface area contributed by atoms with Crippen molar-refractivity contribution in [1.29, 1.82) is 0 Å². The van der Waals surface area contributed by atoms with Crippen molar-refractivity contribution in [3.05, 3.63) is 96.1 Å². The largest absolute Gasteiger partial charge is 0.398 e. The van der Waals surface area contributed by atoms with Crippen LogP contribution in [0.4, 0.5) is 11.4 Å². The van der Waals surface area contributed by atoms with E-state index >= 15 is 0 Å². The summed E-state index contributed by atoms with van der Waals surface area (Å²) < 4.78 is 0. The summed E-state index contributed by atoms with van der Waals surface area (Å²) in [6, 6.07) is 28.9. The van der Waals surface area contributed by atoms with E-state index in [0.717, 1.165) is 27.3 Å². The van der Waals surface area contributed by atoms with Gasteiger partial charge in [-0.3, -0.25) is 0 Å². The molecule has 0 aliphatic carbocycles. The molecule has 0 aromatic heterocycles. The quantitative estimate of drug-likeness (QED) is 0.232. The molecule has 0 aliphatic heterocycles. The Labute approximate surface area is 182 Å². The number of anilines is 2. The highest BCUT2D eigenvalue weighted by molar-refractivity contribution is 7.80. The van der Waals surface area contributed by atoms with Crippen LogP contribution >= 0.6 is 25.3 Å². The van der Waals surface area contributed by atoms with Gasteiger partial charge in [0.25, 0.3) is 0 Å². The maximum absolute atomic E-state index is 6.09. The lowest BCUT2D eigenvalue weighted by Crippen LogP contribution is -1.96. The number of nitrogens with two attached hydrogens (primary N) is 2. The van der Waals surface area contributed by atoms with Gasteiger partial charge in [-0.15, -0.1) is 25.3 Å². The van der Waals surface area contributed by atoms with Crippen LogP contribution in [0.25, 0.3) is 22.3 Å². The van der Waals surface area contributed by atoms with Gasteiger partial charge in [-0.25, -0.2) is 0 Å². The zero-order valence-corrected chi connectivity index (χ0v) is 17.6. The van der Waals surface area contributed by atoms with Crippen LogP contribution < -0.4 is 11.5 Å². The third-order valence-corrected chi connectivity index (χ3v) is 5.91. The Hall–Kier alpha value is -2.82. The maximum atomic E-state index is 6.09. The summed E-state index contributed by atoms with van der Waals surface area (Å²) in [6.07, 6.45) is 0.803. The van der Waals surface area contributed by atoms with E-state index in [9.17, 15) is 0 Å². The normalized spacial score (nSPS) is 10.8. The van der Waals surface area contributed by atoms with Crippen LogP contribution in [0.2, 0.25) is 0 Å². The summed E-state index contributed by atoms with van der Waals surface area (Å²) >= 11 is 8.78. The van der Waals surface area contributed by atoms with Gasteiger partial charge >= 0.3 is 0 Å². The first kappa shape index (κ1) is 19.5. The Morgan fingerprint density at radius 1 is 0.552 bits per heavy atom. The Balaban J connectivity index is 1.76. The van der Waals surface area contributed by atoms with E-state index in [1.807, 2.05) is 24.3 Å². The average Bonchev–Trinajstić information content (AvgIpc) is 2.73. The zero-order valence-electron chi connectivity index (χ0n) is 15.8. The first-order valence-electron chi connectivity index (χ1n) is 9.36. The SMILES string of the molecule is Nc1cc(-c2ccccc2Cc2ccccc2-c2ccc(S)c(N)c2)ccc1S. The number of nitrogen functional groups attached to an aromatic ring is 2. The molecule has 144 valence electrons. The molecule has 0 unspecified atom stereocenters. The minimum Gasteiger partial charge on any atom is -0.398 e. The number of thiol groups is 2. The summed E-state index contributed by atoms with van der Waals surface area (Å²) in [6.45, 7) is 0. The van der Waals surface area contributed by atoms with Crippen LogP contribution in [0.1, 0.15) is 11.1 Å². The van der Waals surface area contributed by atoms with Crippen LogP contribution in [0.15, 0.2) is 94.7 Å². The first-order chi connectivity index (χ1) is 14.0. The van der Waals surface area contributed by atoms with Gasteiger partial charge in [0, 0.05) is 21.2 Å². The highest BCUT2D eigenvalue weighted by Gasteiger charge is 2.11. The predicted molar refractivity (Wildman–Crippen MR) is 130 cm³/mol. The summed E-state index contributed by atoms with van der Waals surface area (Å²) in [7, 11) is 0. The summed E-state index contributed by atoms with van der Waals surface area (Å²) in [4.78, 5) is 1.59. The number of hydrogen-bond donors (Lipinski definition) is 4. The fourth-order valence-electron chi connectivity index (χ4n) is 3.56. The number of benzene rings is 4. The first-order valence-corrected chi connectivity index (χ1v) is 10.3. The second-order valence-corrected chi connectivity index (χ2v) is 8.00. The van der Waals surface area contributed by atoms with Crippen molar-refractivity contribution in [3.8, 4) is 22.3 Å². The molecule has 0 aliphatic rings. The third-order valence-electron chi connectivity index (χ3n) is 5.09. The zero-order chi connectivity index (χ0) is 20.4. The van der Waals surface area contributed by atoms with E-state index in [1.165, 1.54) is 22.3 Å². The lowest BCUT2D eigenvalue weighted by Gasteiger charge is -2.15. The molecule has 0 saturated carbocycles. The third kappa shape index (κ3) is 4.14. The Morgan fingerprint density at radius 3 is 1.38 bits per heavy atom. The minimum atomic E-state index is 0.684. The fourth-order valence-corrected chi connectivity index (χ4v) is 3.84. The molecular weight excluding hydrogens is 392 g/mol. The Kier molecular flexibility index (Phi) is 5.56. The molecule has 4 heteroatoms. The summed E-state index contributed by atoms with van der Waals surface area (Å²) in [5.41, 5.74) is 20.6. The van der Waals surface area contributed by atoms with E-state index < -0.39 is 0 Å². The molecule has 0 spiro atoms. The van der Waals surface area contributed by atoms with Crippen LogP contribution in [-0.4, -0.2) is 0 Å². The van der Waals surface area contributed by atoms with Crippen molar-refractivity contribution < 1.29 is 0 Å². The Morgan fingerprint density at radius 2 is 0.966 bits per heavy atom. The van der Waals surface area contributed by atoms with E-state index in [0.29, 0.717) is 11.4 Å². The highest BCUT2D eigenvalue weighted by atomic mass is 32.1. The van der Waals surface area contributed by atoms with Crippen molar-refractivity contribution in [2.24, 2.45) is 0 Å². The van der Waals surface area contributed by atoms with Gasteiger partial charge in [-0.1, -0.05) is 60.7 Å². The smallest absolute Gasteiger partial charge is 0.0455 e. The minimum absolute atomic E-state index is 0.684. The van der Waals surface area contributed by atoms with Gasteiger partial charge in [-0.05, 0) is 64.1 Å². The molecule has 0 bridgehead atoms. The molecule has 0 radical (unpaired) electrons. The van der Waals surface area contributed by atoms with Crippen LogP contribution in [-0.2, 0) is 6.42 Å². The molecule has 4 aromatic carbocycles. The second-order valence-electron chi connectivity index (χ2n) is 7.04. The summed E-state index contributed by atoms with van der Waals surface area (Å²) in [5, 5.41) is 0. The molecular formula is C25H22N2S2. The van der Waals surface area contributed by atoms with Gasteiger partial charge in [0.05, 0.1) is 0 Å². The average molecular weight is 415 g/mol. The molecule has 0 atom stereocenters. The lowest BCUT2D eigenvalue weighted by atomic mass is 9.91. The van der Waals surface area contributed by atoms with Crippen LogP contribution in [0.3, 0.4) is 0 Å². The van der Waals surface area contributed by atoms with Gasteiger partial charge in [0.2, 0.25) is 0 Å². The van der Waals surface area contributed by atoms with Crippen molar-refractivity contribution in [2.45, 2.75) is 16.2 Å². The van der Waals surface area contributed by atoms with E-state index in [1.54, 1.807) is 0 Å². The van der Waals surface area contributed by atoms with E-state index in [2.05, 4.69) is 85.9 Å². The van der Waals surface area contributed by atoms with Crippen molar-refractivity contribution in [2.75, 3.05) is 11.5 Å². The molecule has 0 heterocycles. The van der Waals surface area contributed by atoms with Crippen molar-refractivity contribution >= 4 is 36.6 Å². The maximum Gasteiger partial charge on any atom is 0.0455 e. The van der Waals surface area contributed by atoms with E-state index in [-0.39, 0.29) is 0 Å². The fraction of sp³-hybridized carbons (Fsp3) is 0.0400. The monoisotopic (exact) mass is 414 g/mol. The standard InChI is InChI=1S/C25H22N2S2/c26-22-14-18(9-11-24(22)28)20-7-3-1-5-16(20)13-17-6-2-4-8-21(17)19-10-12-25(29)23(27)15-19/h1-12,14-15,28-29H,13,26-27H2. The Bertz CT molecular complexity index is 1090. The second kappa shape index (κ2) is 8.27. The van der Waals surface area contributed by atoms with Crippen LogP contribution in [0, 0.1) is 0 Å². The van der Waals surface area contributed by atoms with Crippen LogP contribution in [0.5, 0.6) is 0 Å². The molecule has 4 N–H and O–H groups in total. The topological polar surface area (TPSA) is 52.0 Å². The molecule has 0 fully saturated rings. The summed E-state index contributed by atoms with van der Waals surface area (Å²) in [5.74, 6) is 0. The molecule has 0 amide bonds. The van der Waals surface area contributed by atoms with E-state index in [4.69, 9.17) is 11.5 Å². The predicted octanol–water partition coefficient (Wildman–Crippen LogP) is 6.35. The highest BCUT2D eigenvalue weighted by Crippen LogP contribution is 2.33. The molecule has 4 aromatic rings. The molecule has 29 heavy (non-hydrogen) atoms. The van der Waals surface area contributed by atoms with Crippen molar-refractivity contribution in [3.63, 3.8) is 0 Å². The van der Waals surface area contributed by atoms with Gasteiger partial charge < -0.3 is 11.5 Å². The van der Waals surface area contributed by atoms with Crippen molar-refractivity contribution in [1.82, 2.24) is 0 Å². The van der Waals surface area contributed by atoms with Gasteiger partial charge in [0.15, 0.2) is 0 Å².